The second-order valence-corrected chi connectivity index (χ2v) is 3.25. The van der Waals surface area contributed by atoms with Gasteiger partial charge in [0.2, 0.25) is 0 Å². The number of alkyl halides is 1. The van der Waals surface area contributed by atoms with Crippen molar-refractivity contribution < 1.29 is 47.0 Å². The molecule has 0 aromatic heterocycles. The SMILES string of the molecule is COC(=O)Cc1cccc(N[C-]=O)c1.[CH2-]CCl.[Y]. The maximum absolute atomic E-state index is 10.9. The first kappa shape index (κ1) is 19.9. The summed E-state index contributed by atoms with van der Waals surface area (Å²) in [5.74, 6) is 0.164. The largest absolute Gasteiger partial charge is 0.490 e. The van der Waals surface area contributed by atoms with Crippen molar-refractivity contribution in [3.05, 3.63) is 36.8 Å². The minimum atomic E-state index is -0.308. The molecule has 0 fully saturated rings. The van der Waals surface area contributed by atoms with Crippen LogP contribution in [0.15, 0.2) is 24.3 Å². The molecular weight excluding hydrogens is 330 g/mol. The normalized spacial score (nSPS) is 8.17. The van der Waals surface area contributed by atoms with Crippen molar-refractivity contribution in [3.8, 4) is 0 Å². The van der Waals surface area contributed by atoms with Crippen molar-refractivity contribution in [2.45, 2.75) is 6.42 Å². The molecule has 1 amide bonds. The number of amides is 1. The van der Waals surface area contributed by atoms with Crippen molar-refractivity contribution in [1.82, 2.24) is 0 Å². The Morgan fingerprint density at radius 1 is 1.56 bits per heavy atom. The van der Waals surface area contributed by atoms with Crippen LogP contribution < -0.4 is 5.32 Å². The fourth-order valence-electron chi connectivity index (χ4n) is 1.06. The Morgan fingerprint density at radius 3 is 2.67 bits per heavy atom. The molecule has 4 nitrogen and oxygen atoms in total. The minimum Gasteiger partial charge on any atom is -0.490 e. The van der Waals surface area contributed by atoms with Gasteiger partial charge in [-0.05, 0) is 0 Å². The number of anilines is 1. The molecule has 0 atom stereocenters. The predicted octanol–water partition coefficient (Wildman–Crippen LogP) is 1.94. The monoisotopic (exact) mass is 344 g/mol. The number of halogens is 1. The van der Waals surface area contributed by atoms with Crippen LogP contribution in [0.2, 0.25) is 0 Å². The van der Waals surface area contributed by atoms with E-state index in [2.05, 4.69) is 17.0 Å². The van der Waals surface area contributed by atoms with E-state index in [1.807, 2.05) is 0 Å². The summed E-state index contributed by atoms with van der Waals surface area (Å²) in [6.07, 6.45) is 1.76. The van der Waals surface area contributed by atoms with Crippen molar-refractivity contribution in [1.29, 1.82) is 0 Å². The van der Waals surface area contributed by atoms with Gasteiger partial charge < -0.3 is 21.8 Å². The zero-order chi connectivity index (χ0) is 13.1. The van der Waals surface area contributed by atoms with E-state index in [-0.39, 0.29) is 45.1 Å². The summed E-state index contributed by atoms with van der Waals surface area (Å²) >= 11 is 4.89. The molecule has 0 saturated heterocycles. The van der Waals surface area contributed by atoms with Gasteiger partial charge in [0, 0.05) is 32.7 Å². The summed E-state index contributed by atoms with van der Waals surface area (Å²) in [5, 5.41) is 2.38. The first-order valence-corrected chi connectivity index (χ1v) is 5.35. The van der Waals surface area contributed by atoms with Crippen molar-refractivity contribution in [3.63, 3.8) is 0 Å². The van der Waals surface area contributed by atoms with Gasteiger partial charge in [0.1, 0.15) is 0 Å². The van der Waals surface area contributed by atoms with Crippen LogP contribution in [0.4, 0.5) is 5.69 Å². The summed E-state index contributed by atoms with van der Waals surface area (Å²) in [4.78, 5) is 21.0. The van der Waals surface area contributed by atoms with E-state index < -0.39 is 0 Å². The molecule has 1 radical (unpaired) electrons. The van der Waals surface area contributed by atoms with Crippen LogP contribution in [0.5, 0.6) is 0 Å². The van der Waals surface area contributed by atoms with Gasteiger partial charge in [-0.1, -0.05) is 17.7 Å². The number of carbonyl (C=O) groups is 1. The minimum absolute atomic E-state index is 0. The topological polar surface area (TPSA) is 55.4 Å². The molecule has 1 N–H and O–H groups in total. The predicted molar refractivity (Wildman–Crippen MR) is 67.6 cm³/mol. The van der Waals surface area contributed by atoms with Crippen molar-refractivity contribution in [2.75, 3.05) is 18.3 Å². The molecule has 0 aliphatic rings. The molecule has 6 heteroatoms. The first-order chi connectivity index (χ1) is 8.17. The third-order valence-corrected chi connectivity index (χ3v) is 1.70. The standard InChI is InChI=1S/C10H10NO3.C2H4Cl.Y/c1-14-10(13)6-8-3-2-4-9(5-8)11-7-12;1-2-3;/h2-5H,6H2,1H3,(H,11,12);1-2H2;/q2*-1;. The van der Waals surface area contributed by atoms with E-state index in [9.17, 15) is 9.59 Å². The number of methoxy groups -OCH3 is 1. The molecule has 0 aliphatic heterocycles. The van der Waals surface area contributed by atoms with Crippen LogP contribution >= 0.6 is 11.6 Å². The number of nitrogens with one attached hydrogen (secondary N) is 1. The van der Waals surface area contributed by atoms with Gasteiger partial charge in [0.15, 0.2) is 0 Å². The van der Waals surface area contributed by atoms with Crippen molar-refractivity contribution >= 4 is 29.7 Å². The van der Waals surface area contributed by atoms with Gasteiger partial charge in [0.05, 0.1) is 19.9 Å². The number of rotatable bonds is 4. The molecule has 0 aliphatic carbocycles. The molecule has 97 valence electrons. The fourth-order valence-corrected chi connectivity index (χ4v) is 1.06. The quantitative estimate of drug-likeness (QED) is 0.393. The summed E-state index contributed by atoms with van der Waals surface area (Å²) in [7, 11) is 1.34. The average molecular weight is 345 g/mol. The van der Waals surface area contributed by atoms with E-state index >= 15 is 0 Å². The van der Waals surface area contributed by atoms with Gasteiger partial charge in [-0.25, -0.2) is 0 Å². The first-order valence-electron chi connectivity index (χ1n) is 4.82. The van der Waals surface area contributed by atoms with E-state index in [4.69, 9.17) is 11.6 Å². The third-order valence-electron chi connectivity index (χ3n) is 1.70. The van der Waals surface area contributed by atoms with Crippen LogP contribution in [0.1, 0.15) is 5.56 Å². The number of esters is 1. The maximum Gasteiger partial charge on any atom is 0.309 e. The fraction of sp³-hybridized carbons (Fsp3) is 0.250. The smallest absolute Gasteiger partial charge is 0.309 e. The van der Waals surface area contributed by atoms with Gasteiger partial charge in [-0.2, -0.15) is 11.6 Å². The Bertz CT molecular complexity index is 361. The number of carbonyl (C=O) groups excluding carboxylic acids is 2. The van der Waals surface area contributed by atoms with E-state index in [1.54, 1.807) is 30.7 Å². The van der Waals surface area contributed by atoms with Gasteiger partial charge in [-0.15, -0.1) is 23.7 Å². The molecule has 0 heterocycles. The summed E-state index contributed by atoms with van der Waals surface area (Å²) in [5.41, 5.74) is 1.40. The van der Waals surface area contributed by atoms with Gasteiger partial charge >= 0.3 is 5.97 Å². The Balaban J connectivity index is 0. The van der Waals surface area contributed by atoms with Crippen LogP contribution in [0.25, 0.3) is 0 Å². The molecular formula is C12H14ClNO3Y-2. The number of hydrogen-bond acceptors (Lipinski definition) is 3. The zero-order valence-electron chi connectivity index (χ0n) is 10.1. The number of benzene rings is 1. The van der Waals surface area contributed by atoms with Crippen LogP contribution in [-0.4, -0.2) is 25.4 Å². The van der Waals surface area contributed by atoms with E-state index in [0.717, 1.165) is 5.56 Å². The number of hydrogen-bond donors (Lipinski definition) is 1. The summed E-state index contributed by atoms with van der Waals surface area (Å²) in [6.45, 7) is 3.25. The molecule has 1 aromatic carbocycles. The van der Waals surface area contributed by atoms with Gasteiger partial charge in [-0.3, -0.25) is 4.79 Å². The Morgan fingerprint density at radius 2 is 2.17 bits per heavy atom. The van der Waals surface area contributed by atoms with Gasteiger partial charge in [0.25, 0.3) is 0 Å². The second-order valence-electron chi connectivity index (χ2n) is 2.87. The maximum atomic E-state index is 10.9. The molecule has 0 bridgehead atoms. The Labute approximate surface area is 137 Å². The average Bonchev–Trinajstić information content (AvgIpc) is 2.31. The summed E-state index contributed by atoms with van der Waals surface area (Å²) in [6, 6.07) is 6.94. The Kier molecular flexibility index (Phi) is 14.4. The molecule has 1 aromatic rings. The van der Waals surface area contributed by atoms with E-state index in [0.29, 0.717) is 11.6 Å². The van der Waals surface area contributed by atoms with Crippen molar-refractivity contribution in [2.24, 2.45) is 0 Å². The summed E-state index contributed by atoms with van der Waals surface area (Å²) < 4.78 is 4.52. The second kappa shape index (κ2) is 13.0. The third kappa shape index (κ3) is 9.57. The molecule has 0 spiro atoms. The zero-order valence-corrected chi connectivity index (χ0v) is 13.7. The molecule has 0 saturated carbocycles. The molecule has 1 rings (SSSR count). The Hall–Kier alpha value is -0.446. The van der Waals surface area contributed by atoms with E-state index in [1.165, 1.54) is 7.11 Å². The molecule has 18 heavy (non-hydrogen) atoms. The number of ether oxygens (including phenoxy) is 1. The van der Waals surface area contributed by atoms with Crippen LogP contribution in [0.3, 0.4) is 0 Å². The van der Waals surface area contributed by atoms with Crippen LogP contribution in [-0.2, 0) is 53.5 Å². The molecule has 0 unspecified atom stereocenters. The van der Waals surface area contributed by atoms with Crippen LogP contribution in [0, 0.1) is 6.92 Å².